The molecule has 0 spiro atoms. The van der Waals surface area contributed by atoms with E-state index in [9.17, 15) is 9.59 Å². The van der Waals surface area contributed by atoms with Crippen LogP contribution in [0.15, 0.2) is 58.5 Å². The SMILES string of the molecule is CC(=O)CC(=O)NC1=Nc2ccc(Cl)cc2C(c2ccccc2)=NCC1. The van der Waals surface area contributed by atoms with E-state index in [1.54, 1.807) is 12.1 Å². The lowest BCUT2D eigenvalue weighted by Gasteiger charge is -2.16. The van der Waals surface area contributed by atoms with Crippen LogP contribution in [0.1, 0.15) is 30.9 Å². The molecular weight excluding hydrogens is 350 g/mol. The average Bonchev–Trinajstić information content (AvgIpc) is 2.58. The highest BCUT2D eigenvalue weighted by Crippen LogP contribution is 2.28. The van der Waals surface area contributed by atoms with Crippen molar-refractivity contribution in [1.82, 2.24) is 5.32 Å². The van der Waals surface area contributed by atoms with Gasteiger partial charge in [-0.15, -0.1) is 0 Å². The van der Waals surface area contributed by atoms with E-state index in [-0.39, 0.29) is 18.1 Å². The number of rotatable bonds is 3. The van der Waals surface area contributed by atoms with Gasteiger partial charge in [0.05, 0.1) is 17.8 Å². The Morgan fingerprint density at radius 2 is 1.92 bits per heavy atom. The van der Waals surface area contributed by atoms with Gasteiger partial charge in [-0.2, -0.15) is 0 Å². The molecular formula is C20H18ClN3O2. The monoisotopic (exact) mass is 367 g/mol. The Morgan fingerprint density at radius 3 is 2.65 bits per heavy atom. The number of carbonyl (C=O) groups excluding carboxylic acids is 2. The summed E-state index contributed by atoms with van der Waals surface area (Å²) in [7, 11) is 0. The summed E-state index contributed by atoms with van der Waals surface area (Å²) in [5.41, 5.74) is 3.28. The summed E-state index contributed by atoms with van der Waals surface area (Å²) in [5, 5.41) is 3.30. The van der Waals surface area contributed by atoms with Crippen molar-refractivity contribution in [2.75, 3.05) is 6.54 Å². The normalized spacial score (nSPS) is 13.6. The summed E-state index contributed by atoms with van der Waals surface area (Å²) in [6.07, 6.45) is 0.313. The van der Waals surface area contributed by atoms with Crippen LogP contribution in [0.5, 0.6) is 0 Å². The number of Topliss-reactive ketones (excluding diaryl/α,β-unsaturated/α-hetero) is 1. The zero-order chi connectivity index (χ0) is 18.5. The molecule has 0 fully saturated rings. The third kappa shape index (κ3) is 4.43. The lowest BCUT2D eigenvalue weighted by Crippen LogP contribution is -2.32. The van der Waals surface area contributed by atoms with Crippen LogP contribution in [0.2, 0.25) is 5.02 Å². The number of ketones is 1. The van der Waals surface area contributed by atoms with Crippen molar-refractivity contribution in [3.05, 3.63) is 64.7 Å². The maximum Gasteiger partial charge on any atom is 0.232 e. The second-order valence-corrected chi connectivity index (χ2v) is 6.43. The summed E-state index contributed by atoms with van der Waals surface area (Å²) in [6.45, 7) is 1.85. The Hall–Kier alpha value is -2.79. The summed E-state index contributed by atoms with van der Waals surface area (Å²) in [4.78, 5) is 32.3. The first kappa shape index (κ1) is 18.0. The zero-order valence-corrected chi connectivity index (χ0v) is 15.1. The van der Waals surface area contributed by atoms with Gasteiger partial charge in [-0.25, -0.2) is 4.99 Å². The first-order valence-electron chi connectivity index (χ1n) is 8.29. The lowest BCUT2D eigenvalue weighted by molar-refractivity contribution is -0.126. The van der Waals surface area contributed by atoms with E-state index in [2.05, 4.69) is 10.3 Å². The van der Waals surface area contributed by atoms with Crippen LogP contribution in [0.3, 0.4) is 0 Å². The van der Waals surface area contributed by atoms with Gasteiger partial charge >= 0.3 is 0 Å². The minimum Gasteiger partial charge on any atom is -0.314 e. The molecule has 0 radical (unpaired) electrons. The van der Waals surface area contributed by atoms with Crippen LogP contribution < -0.4 is 5.32 Å². The number of nitrogens with zero attached hydrogens (tertiary/aromatic N) is 2. The molecule has 1 heterocycles. The van der Waals surface area contributed by atoms with Gasteiger partial charge in [-0.3, -0.25) is 14.6 Å². The van der Waals surface area contributed by atoms with Crippen molar-refractivity contribution in [3.8, 4) is 0 Å². The van der Waals surface area contributed by atoms with Gasteiger partial charge in [0.25, 0.3) is 0 Å². The molecule has 0 atom stereocenters. The van der Waals surface area contributed by atoms with Gasteiger partial charge in [-0.05, 0) is 25.1 Å². The number of benzene rings is 2. The predicted molar refractivity (Wildman–Crippen MR) is 104 cm³/mol. The second kappa shape index (κ2) is 8.06. The molecule has 5 nitrogen and oxygen atoms in total. The van der Waals surface area contributed by atoms with E-state index >= 15 is 0 Å². The molecule has 2 aromatic rings. The number of aliphatic imine (C=N–C) groups is 2. The van der Waals surface area contributed by atoms with Crippen LogP contribution in [0.25, 0.3) is 0 Å². The molecule has 132 valence electrons. The number of hydrogen-bond acceptors (Lipinski definition) is 4. The molecule has 1 N–H and O–H groups in total. The van der Waals surface area contributed by atoms with Gasteiger partial charge in [0.15, 0.2) is 0 Å². The van der Waals surface area contributed by atoms with Crippen LogP contribution in [0.4, 0.5) is 5.69 Å². The summed E-state index contributed by atoms with van der Waals surface area (Å²) in [5.74, 6) is -0.0548. The van der Waals surface area contributed by atoms with Gasteiger partial charge < -0.3 is 5.32 Å². The summed E-state index contributed by atoms with van der Waals surface area (Å²) in [6, 6.07) is 15.2. The lowest BCUT2D eigenvalue weighted by atomic mass is 10.00. The molecule has 0 saturated heterocycles. The minimum absolute atomic E-state index is 0.162. The molecule has 0 bridgehead atoms. The summed E-state index contributed by atoms with van der Waals surface area (Å²) < 4.78 is 0. The highest BCUT2D eigenvalue weighted by Gasteiger charge is 2.17. The smallest absolute Gasteiger partial charge is 0.232 e. The van der Waals surface area contributed by atoms with E-state index in [1.807, 2.05) is 36.4 Å². The number of carbonyl (C=O) groups is 2. The molecule has 1 aliphatic rings. The van der Waals surface area contributed by atoms with Gasteiger partial charge in [0.1, 0.15) is 11.6 Å². The molecule has 1 aliphatic heterocycles. The molecule has 0 aromatic heterocycles. The van der Waals surface area contributed by atoms with E-state index in [0.29, 0.717) is 29.5 Å². The Kier molecular flexibility index (Phi) is 5.58. The average molecular weight is 368 g/mol. The molecule has 0 unspecified atom stereocenters. The standard InChI is InChI=1S/C20H18ClN3O2/c1-13(25)11-19(26)24-18-9-10-22-20(14-5-3-2-4-6-14)16-12-15(21)7-8-17(16)23-18/h2-8,12H,9-11H2,1H3,(H,23,24,26). The Labute approximate surface area is 156 Å². The zero-order valence-electron chi connectivity index (χ0n) is 14.3. The first-order chi connectivity index (χ1) is 12.5. The summed E-state index contributed by atoms with van der Waals surface area (Å²) >= 11 is 6.19. The van der Waals surface area contributed by atoms with Crippen molar-refractivity contribution in [2.24, 2.45) is 9.98 Å². The van der Waals surface area contributed by atoms with E-state index < -0.39 is 0 Å². The number of nitrogens with one attached hydrogen (secondary N) is 1. The fourth-order valence-corrected chi connectivity index (χ4v) is 2.89. The predicted octanol–water partition coefficient (Wildman–Crippen LogP) is 3.71. The third-order valence-corrected chi connectivity index (χ3v) is 4.06. The maximum atomic E-state index is 11.9. The largest absolute Gasteiger partial charge is 0.314 e. The molecule has 6 heteroatoms. The minimum atomic E-state index is -0.361. The number of fused-ring (bicyclic) bond motifs is 1. The maximum absolute atomic E-state index is 11.9. The first-order valence-corrected chi connectivity index (χ1v) is 8.67. The van der Waals surface area contributed by atoms with Gasteiger partial charge in [0, 0.05) is 29.1 Å². The molecule has 2 aromatic carbocycles. The molecule has 26 heavy (non-hydrogen) atoms. The highest BCUT2D eigenvalue weighted by atomic mass is 35.5. The van der Waals surface area contributed by atoms with E-state index in [1.165, 1.54) is 6.92 Å². The van der Waals surface area contributed by atoms with Crippen LogP contribution in [0, 0.1) is 0 Å². The van der Waals surface area contributed by atoms with E-state index in [4.69, 9.17) is 16.6 Å². The van der Waals surface area contributed by atoms with Gasteiger partial charge in [0.2, 0.25) is 5.91 Å². The number of amidine groups is 1. The molecule has 3 rings (SSSR count). The van der Waals surface area contributed by atoms with Crippen LogP contribution in [-0.2, 0) is 9.59 Å². The topological polar surface area (TPSA) is 70.9 Å². The second-order valence-electron chi connectivity index (χ2n) is 5.99. The van der Waals surface area contributed by atoms with E-state index in [0.717, 1.165) is 16.8 Å². The van der Waals surface area contributed by atoms with Crippen LogP contribution in [-0.4, -0.2) is 29.8 Å². The van der Waals surface area contributed by atoms with Crippen molar-refractivity contribution >= 4 is 40.5 Å². The molecule has 0 saturated carbocycles. The fraction of sp³-hybridized carbons (Fsp3) is 0.200. The Bertz CT molecular complexity index is 905. The number of halogens is 1. The molecule has 0 aliphatic carbocycles. The van der Waals surface area contributed by atoms with Crippen molar-refractivity contribution in [2.45, 2.75) is 19.8 Å². The highest BCUT2D eigenvalue weighted by molar-refractivity contribution is 6.31. The van der Waals surface area contributed by atoms with Crippen molar-refractivity contribution in [3.63, 3.8) is 0 Å². The molecule has 1 amide bonds. The third-order valence-electron chi connectivity index (χ3n) is 3.83. The quantitative estimate of drug-likeness (QED) is 0.840. The number of hydrogen-bond donors (Lipinski definition) is 1. The van der Waals surface area contributed by atoms with Crippen molar-refractivity contribution < 1.29 is 9.59 Å². The number of amides is 1. The van der Waals surface area contributed by atoms with Crippen LogP contribution >= 0.6 is 11.6 Å². The van der Waals surface area contributed by atoms with Crippen molar-refractivity contribution in [1.29, 1.82) is 0 Å². The van der Waals surface area contributed by atoms with Gasteiger partial charge in [-0.1, -0.05) is 41.9 Å². The Balaban J connectivity index is 1.99. The Morgan fingerprint density at radius 1 is 1.15 bits per heavy atom. The fourth-order valence-electron chi connectivity index (χ4n) is 2.72.